The molecule has 1 aromatic heterocycles. The van der Waals surface area contributed by atoms with Crippen LogP contribution in [0.15, 0.2) is 18.2 Å². The molecule has 3 aliphatic rings. The fraction of sp³-hybridized carbons (Fsp3) is 0.722. The lowest BCUT2D eigenvalue weighted by molar-refractivity contribution is -0.0154. The molecule has 4 rings (SSSR count). The van der Waals surface area contributed by atoms with Crippen molar-refractivity contribution in [3.8, 4) is 0 Å². The molecule has 0 aromatic carbocycles. The van der Waals surface area contributed by atoms with Crippen molar-refractivity contribution in [3.63, 3.8) is 0 Å². The van der Waals surface area contributed by atoms with E-state index in [1.807, 2.05) is 25.1 Å². The molecule has 2 aliphatic heterocycles. The van der Waals surface area contributed by atoms with Crippen molar-refractivity contribution < 1.29 is 13.2 Å². The third-order valence-electron chi connectivity index (χ3n) is 6.15. The summed E-state index contributed by atoms with van der Waals surface area (Å²) in [6, 6.07) is 6.52. The second kappa shape index (κ2) is 6.07. The smallest absolute Gasteiger partial charge is 0.158 e. The number of ether oxygens (including phenoxy) is 1. The van der Waals surface area contributed by atoms with E-state index in [2.05, 4.69) is 9.88 Å². The predicted molar refractivity (Wildman–Crippen MR) is 92.5 cm³/mol. The van der Waals surface area contributed by atoms with Gasteiger partial charge in [-0.1, -0.05) is 12.5 Å². The SMILES string of the molecule is Cc1cccc(COC[C@H]2CCS(=O)(=O)C23CN(C2CCC2)C3)n1. The van der Waals surface area contributed by atoms with E-state index in [9.17, 15) is 8.42 Å². The molecule has 5 nitrogen and oxygen atoms in total. The number of nitrogens with zero attached hydrogens (tertiary/aromatic N) is 2. The number of aromatic nitrogens is 1. The molecule has 0 N–H and O–H groups in total. The van der Waals surface area contributed by atoms with Crippen LogP contribution in [-0.2, 0) is 21.2 Å². The molecule has 6 heteroatoms. The van der Waals surface area contributed by atoms with Crippen LogP contribution in [0, 0.1) is 12.8 Å². The second-order valence-corrected chi connectivity index (χ2v) is 10.1. The van der Waals surface area contributed by atoms with Crippen LogP contribution in [-0.4, -0.2) is 54.5 Å². The fourth-order valence-corrected chi connectivity index (χ4v) is 6.76. The van der Waals surface area contributed by atoms with Crippen molar-refractivity contribution in [2.75, 3.05) is 25.4 Å². The zero-order valence-corrected chi connectivity index (χ0v) is 15.1. The monoisotopic (exact) mass is 350 g/mol. The number of sulfone groups is 1. The van der Waals surface area contributed by atoms with Gasteiger partial charge in [-0.05, 0) is 38.3 Å². The molecule has 3 heterocycles. The molecule has 2 saturated heterocycles. The lowest BCUT2D eigenvalue weighted by Crippen LogP contribution is -2.70. The number of likely N-dealkylation sites (tertiary alicyclic amines) is 1. The largest absolute Gasteiger partial charge is 0.375 e. The van der Waals surface area contributed by atoms with E-state index in [1.54, 1.807) is 0 Å². The highest BCUT2D eigenvalue weighted by Gasteiger charge is 2.62. The average Bonchev–Trinajstić information content (AvgIpc) is 2.69. The Morgan fingerprint density at radius 1 is 1.29 bits per heavy atom. The summed E-state index contributed by atoms with van der Waals surface area (Å²) in [7, 11) is -2.99. The fourth-order valence-electron chi connectivity index (χ4n) is 4.34. The van der Waals surface area contributed by atoms with E-state index in [0.29, 0.717) is 25.0 Å². The van der Waals surface area contributed by atoms with Crippen LogP contribution in [0.1, 0.15) is 37.1 Å². The molecule has 1 saturated carbocycles. The molecule has 1 spiro atoms. The molecule has 1 aromatic rings. The van der Waals surface area contributed by atoms with Crippen LogP contribution in [0.25, 0.3) is 0 Å². The number of rotatable bonds is 5. The van der Waals surface area contributed by atoms with Gasteiger partial charge in [-0.2, -0.15) is 0 Å². The topological polar surface area (TPSA) is 59.5 Å². The summed E-state index contributed by atoms with van der Waals surface area (Å²) < 4.78 is 30.6. The normalized spacial score (nSPS) is 28.6. The van der Waals surface area contributed by atoms with Crippen molar-refractivity contribution in [1.82, 2.24) is 9.88 Å². The van der Waals surface area contributed by atoms with Crippen molar-refractivity contribution in [3.05, 3.63) is 29.6 Å². The molecule has 24 heavy (non-hydrogen) atoms. The molecule has 3 fully saturated rings. The molecule has 0 bridgehead atoms. The Morgan fingerprint density at radius 3 is 2.75 bits per heavy atom. The van der Waals surface area contributed by atoms with E-state index in [4.69, 9.17) is 4.74 Å². The molecule has 1 atom stereocenters. The zero-order valence-electron chi connectivity index (χ0n) is 14.3. The Bertz CT molecular complexity index is 709. The summed E-state index contributed by atoms with van der Waals surface area (Å²) in [5.41, 5.74) is 1.89. The highest BCUT2D eigenvalue weighted by Crippen LogP contribution is 2.47. The van der Waals surface area contributed by atoms with Gasteiger partial charge in [-0.3, -0.25) is 9.88 Å². The number of hydrogen-bond acceptors (Lipinski definition) is 5. The molecule has 0 unspecified atom stereocenters. The van der Waals surface area contributed by atoms with Gasteiger partial charge in [0.1, 0.15) is 4.75 Å². The maximum Gasteiger partial charge on any atom is 0.158 e. The summed E-state index contributed by atoms with van der Waals surface area (Å²) in [5, 5.41) is 0. The van der Waals surface area contributed by atoms with Gasteiger partial charge in [0.2, 0.25) is 0 Å². The molecular formula is C18H26N2O3S. The van der Waals surface area contributed by atoms with Crippen LogP contribution in [0.2, 0.25) is 0 Å². The highest BCUT2D eigenvalue weighted by molar-refractivity contribution is 7.93. The minimum Gasteiger partial charge on any atom is -0.375 e. The van der Waals surface area contributed by atoms with Crippen molar-refractivity contribution in [1.29, 1.82) is 0 Å². The van der Waals surface area contributed by atoms with Crippen LogP contribution in [0.3, 0.4) is 0 Å². The third-order valence-corrected chi connectivity index (χ3v) is 8.75. The van der Waals surface area contributed by atoms with Gasteiger partial charge in [0.15, 0.2) is 9.84 Å². The van der Waals surface area contributed by atoms with Crippen molar-refractivity contribution in [2.24, 2.45) is 5.92 Å². The third kappa shape index (κ3) is 2.68. The van der Waals surface area contributed by atoms with Gasteiger partial charge in [0.25, 0.3) is 0 Å². The Balaban J connectivity index is 1.37. The van der Waals surface area contributed by atoms with E-state index in [1.165, 1.54) is 19.3 Å². The number of aryl methyl sites for hydroxylation is 1. The van der Waals surface area contributed by atoms with Gasteiger partial charge in [0.05, 0.1) is 24.7 Å². The van der Waals surface area contributed by atoms with E-state index in [0.717, 1.165) is 30.9 Å². The van der Waals surface area contributed by atoms with Crippen molar-refractivity contribution in [2.45, 2.75) is 50.0 Å². The van der Waals surface area contributed by atoms with Crippen molar-refractivity contribution >= 4 is 9.84 Å². The first-order valence-corrected chi connectivity index (χ1v) is 10.6. The maximum absolute atomic E-state index is 12.6. The predicted octanol–water partition coefficient (Wildman–Crippen LogP) is 1.95. The first kappa shape index (κ1) is 16.5. The highest BCUT2D eigenvalue weighted by atomic mass is 32.2. The zero-order chi connectivity index (χ0) is 16.8. The molecule has 0 amide bonds. The van der Waals surface area contributed by atoms with Crippen LogP contribution in [0.5, 0.6) is 0 Å². The lowest BCUT2D eigenvalue weighted by Gasteiger charge is -2.55. The Hall–Kier alpha value is -0.980. The van der Waals surface area contributed by atoms with Crippen LogP contribution < -0.4 is 0 Å². The first-order valence-electron chi connectivity index (χ1n) is 8.97. The van der Waals surface area contributed by atoms with Crippen LogP contribution >= 0.6 is 0 Å². The Kier molecular flexibility index (Phi) is 4.17. The number of pyridine rings is 1. The quantitative estimate of drug-likeness (QED) is 0.812. The minimum absolute atomic E-state index is 0.128. The van der Waals surface area contributed by atoms with E-state index >= 15 is 0 Å². The van der Waals surface area contributed by atoms with Gasteiger partial charge < -0.3 is 4.74 Å². The maximum atomic E-state index is 12.6. The van der Waals surface area contributed by atoms with E-state index in [-0.39, 0.29) is 5.92 Å². The first-order chi connectivity index (χ1) is 11.5. The average molecular weight is 350 g/mol. The summed E-state index contributed by atoms with van der Waals surface area (Å²) >= 11 is 0. The molecule has 132 valence electrons. The van der Waals surface area contributed by atoms with Gasteiger partial charge in [-0.15, -0.1) is 0 Å². The molecule has 0 radical (unpaired) electrons. The number of hydrogen-bond donors (Lipinski definition) is 0. The lowest BCUT2D eigenvalue weighted by atomic mass is 9.79. The second-order valence-electron chi connectivity index (χ2n) is 7.64. The minimum atomic E-state index is -2.99. The Morgan fingerprint density at radius 2 is 2.08 bits per heavy atom. The van der Waals surface area contributed by atoms with Gasteiger partial charge in [0, 0.05) is 30.7 Å². The summed E-state index contributed by atoms with van der Waals surface area (Å²) in [6.07, 6.45) is 4.49. The molecular weight excluding hydrogens is 324 g/mol. The van der Waals surface area contributed by atoms with Crippen LogP contribution in [0.4, 0.5) is 0 Å². The van der Waals surface area contributed by atoms with Gasteiger partial charge >= 0.3 is 0 Å². The van der Waals surface area contributed by atoms with Gasteiger partial charge in [-0.25, -0.2) is 8.42 Å². The Labute approximate surface area is 144 Å². The summed E-state index contributed by atoms with van der Waals surface area (Å²) in [6.45, 7) is 4.38. The standard InChI is InChI=1S/C18H26N2O3S/c1-14-4-2-5-16(19-14)11-23-10-15-8-9-24(21,22)18(15)12-20(13-18)17-6-3-7-17/h2,4-5,15,17H,3,6-13H2,1H3/t15-/m1/s1. The molecule has 1 aliphatic carbocycles. The summed E-state index contributed by atoms with van der Waals surface area (Å²) in [4.78, 5) is 6.82. The van der Waals surface area contributed by atoms with E-state index < -0.39 is 14.6 Å². The summed E-state index contributed by atoms with van der Waals surface area (Å²) in [5.74, 6) is 0.450.